The first kappa shape index (κ1) is 21.0. The molecule has 0 spiro atoms. The molecule has 0 bridgehead atoms. The fourth-order valence-electron chi connectivity index (χ4n) is 8.44. The van der Waals surface area contributed by atoms with Gasteiger partial charge in [0, 0.05) is 18.8 Å². The van der Waals surface area contributed by atoms with Crippen LogP contribution in [0.15, 0.2) is 24.3 Å². The number of rotatable bonds is 2. The van der Waals surface area contributed by atoms with E-state index >= 15 is 0 Å². The number of benzene rings is 1. The summed E-state index contributed by atoms with van der Waals surface area (Å²) in [7, 11) is 1.94. The van der Waals surface area contributed by atoms with Crippen LogP contribution < -0.4 is 5.32 Å². The highest BCUT2D eigenvalue weighted by molar-refractivity contribution is 6.07. The first-order chi connectivity index (χ1) is 14.7. The molecule has 4 fully saturated rings. The minimum atomic E-state index is -0.581. The van der Waals surface area contributed by atoms with Gasteiger partial charge in [-0.3, -0.25) is 9.59 Å². The molecule has 31 heavy (non-hydrogen) atoms. The summed E-state index contributed by atoms with van der Waals surface area (Å²) in [6.07, 6.45) is 9.78. The van der Waals surface area contributed by atoms with Gasteiger partial charge in [0.25, 0.3) is 0 Å². The SMILES string of the molecule is Cc1cccc(NC(=O)C2C[C@@]3(C)C(CC[C@@H]4[C@H]3CC[C@]3(C)CCC[C@@H]43)N(C)C2=O)c1. The van der Waals surface area contributed by atoms with Gasteiger partial charge in [0.05, 0.1) is 0 Å². The van der Waals surface area contributed by atoms with Crippen molar-refractivity contribution >= 4 is 17.5 Å². The van der Waals surface area contributed by atoms with Gasteiger partial charge in [-0.25, -0.2) is 0 Å². The summed E-state index contributed by atoms with van der Waals surface area (Å²) < 4.78 is 0. The molecule has 0 radical (unpaired) electrons. The van der Waals surface area contributed by atoms with Crippen molar-refractivity contribution in [2.45, 2.75) is 78.2 Å². The third-order valence-electron chi connectivity index (χ3n) is 9.96. The van der Waals surface area contributed by atoms with Gasteiger partial charge in [0.1, 0.15) is 5.92 Å². The van der Waals surface area contributed by atoms with Crippen molar-refractivity contribution in [2.75, 3.05) is 12.4 Å². The van der Waals surface area contributed by atoms with Crippen LogP contribution in [0.4, 0.5) is 5.69 Å². The fraction of sp³-hybridized carbons (Fsp3) is 0.704. The topological polar surface area (TPSA) is 49.4 Å². The van der Waals surface area contributed by atoms with E-state index in [-0.39, 0.29) is 23.3 Å². The number of fused-ring (bicyclic) bond motifs is 5. The molecule has 1 N–H and O–H groups in total. The number of hydrogen-bond acceptors (Lipinski definition) is 2. The zero-order valence-corrected chi connectivity index (χ0v) is 19.6. The van der Waals surface area contributed by atoms with Crippen LogP contribution in [-0.2, 0) is 9.59 Å². The van der Waals surface area contributed by atoms with E-state index in [4.69, 9.17) is 0 Å². The number of amides is 2. The maximum atomic E-state index is 13.3. The predicted molar refractivity (Wildman–Crippen MR) is 123 cm³/mol. The number of nitrogens with zero attached hydrogens (tertiary/aromatic N) is 1. The van der Waals surface area contributed by atoms with Crippen molar-refractivity contribution in [3.05, 3.63) is 29.8 Å². The van der Waals surface area contributed by atoms with Gasteiger partial charge in [-0.15, -0.1) is 0 Å². The summed E-state index contributed by atoms with van der Waals surface area (Å²) in [5, 5.41) is 3.04. The molecule has 3 aliphatic carbocycles. The molecular formula is C27H38N2O2. The summed E-state index contributed by atoms with van der Waals surface area (Å²) in [6.45, 7) is 6.95. The average Bonchev–Trinajstić information content (AvgIpc) is 3.12. The van der Waals surface area contributed by atoms with Crippen LogP contribution >= 0.6 is 0 Å². The third-order valence-corrected chi connectivity index (χ3v) is 9.96. The number of carbonyl (C=O) groups excluding carboxylic acids is 2. The smallest absolute Gasteiger partial charge is 0.236 e. The summed E-state index contributed by atoms with van der Waals surface area (Å²) in [5.41, 5.74) is 2.45. The highest BCUT2D eigenvalue weighted by Crippen LogP contribution is 2.65. The van der Waals surface area contributed by atoms with Crippen LogP contribution in [0.1, 0.15) is 70.8 Å². The molecular weight excluding hydrogens is 384 g/mol. The van der Waals surface area contributed by atoms with Gasteiger partial charge in [-0.05, 0) is 98.1 Å². The molecule has 2 unspecified atom stereocenters. The lowest BCUT2D eigenvalue weighted by Gasteiger charge is -2.62. The molecule has 1 saturated heterocycles. The van der Waals surface area contributed by atoms with Crippen LogP contribution in [0.2, 0.25) is 0 Å². The number of likely N-dealkylation sites (tertiary alicyclic amines) is 1. The van der Waals surface area contributed by atoms with Crippen LogP contribution in [0.3, 0.4) is 0 Å². The Morgan fingerprint density at radius 1 is 1.10 bits per heavy atom. The molecule has 7 atom stereocenters. The number of anilines is 1. The van der Waals surface area contributed by atoms with E-state index in [0.717, 1.165) is 29.5 Å². The Hall–Kier alpha value is -1.84. The van der Waals surface area contributed by atoms with Crippen molar-refractivity contribution in [1.82, 2.24) is 4.90 Å². The lowest BCUT2D eigenvalue weighted by atomic mass is 9.47. The lowest BCUT2D eigenvalue weighted by molar-refractivity contribution is -0.168. The summed E-state index contributed by atoms with van der Waals surface area (Å²) >= 11 is 0. The number of carbonyl (C=O) groups is 2. The van der Waals surface area contributed by atoms with Gasteiger partial charge < -0.3 is 10.2 Å². The minimum absolute atomic E-state index is 0.00703. The molecule has 5 rings (SSSR count). The van der Waals surface area contributed by atoms with E-state index in [1.165, 1.54) is 38.5 Å². The number of hydrogen-bond donors (Lipinski definition) is 1. The van der Waals surface area contributed by atoms with Crippen molar-refractivity contribution in [3.8, 4) is 0 Å². The van der Waals surface area contributed by atoms with E-state index in [2.05, 4.69) is 19.2 Å². The van der Waals surface area contributed by atoms with Gasteiger partial charge in [0.15, 0.2) is 0 Å². The molecule has 1 aromatic rings. The first-order valence-electron chi connectivity index (χ1n) is 12.4. The summed E-state index contributed by atoms with van der Waals surface area (Å²) in [4.78, 5) is 28.5. The van der Waals surface area contributed by atoms with Crippen LogP contribution in [0, 0.1) is 41.4 Å². The van der Waals surface area contributed by atoms with Gasteiger partial charge in [0.2, 0.25) is 11.8 Å². The molecule has 1 aromatic carbocycles. The first-order valence-corrected chi connectivity index (χ1v) is 12.4. The molecule has 0 aromatic heterocycles. The van der Waals surface area contributed by atoms with Crippen molar-refractivity contribution in [2.24, 2.45) is 34.5 Å². The number of aryl methyl sites for hydroxylation is 1. The largest absolute Gasteiger partial charge is 0.342 e. The van der Waals surface area contributed by atoms with E-state index in [9.17, 15) is 9.59 Å². The van der Waals surface area contributed by atoms with E-state index in [1.54, 1.807) is 0 Å². The zero-order valence-electron chi connectivity index (χ0n) is 19.6. The number of nitrogens with one attached hydrogen (secondary N) is 1. The molecule has 1 heterocycles. The van der Waals surface area contributed by atoms with Crippen molar-refractivity contribution in [1.29, 1.82) is 0 Å². The van der Waals surface area contributed by atoms with Gasteiger partial charge >= 0.3 is 0 Å². The second kappa shape index (κ2) is 7.35. The second-order valence-corrected chi connectivity index (χ2v) is 11.6. The summed E-state index contributed by atoms with van der Waals surface area (Å²) in [5.74, 6) is 1.53. The molecule has 2 amide bonds. The molecule has 4 nitrogen and oxygen atoms in total. The van der Waals surface area contributed by atoms with Crippen molar-refractivity contribution < 1.29 is 9.59 Å². The van der Waals surface area contributed by atoms with Crippen LogP contribution in [0.25, 0.3) is 0 Å². The Kier molecular flexibility index (Phi) is 4.99. The normalized spacial score (nSPS) is 41.9. The standard InChI is InChI=1S/C27H38N2O2/c1-17-7-5-8-18(15-17)28-24(30)20-16-27(3)22-12-14-26(2)13-6-9-21(26)19(22)10-11-23(27)29(4)25(20)31/h5,7-8,15,19-23H,6,9-14,16H2,1-4H3,(H,28,30)/t19-,20?,21-,22+,23?,26-,27+/m0/s1. The van der Waals surface area contributed by atoms with E-state index in [1.807, 2.05) is 43.1 Å². The highest BCUT2D eigenvalue weighted by atomic mass is 16.2. The Morgan fingerprint density at radius 3 is 2.68 bits per heavy atom. The van der Waals surface area contributed by atoms with Crippen LogP contribution in [-0.4, -0.2) is 29.8 Å². The Bertz CT molecular complexity index is 897. The quantitative estimate of drug-likeness (QED) is 0.648. The van der Waals surface area contributed by atoms with Gasteiger partial charge in [-0.1, -0.05) is 32.4 Å². The van der Waals surface area contributed by atoms with E-state index < -0.39 is 5.92 Å². The second-order valence-electron chi connectivity index (χ2n) is 11.6. The molecule has 3 saturated carbocycles. The maximum absolute atomic E-state index is 13.3. The average molecular weight is 423 g/mol. The third kappa shape index (κ3) is 3.24. The van der Waals surface area contributed by atoms with Crippen LogP contribution in [0.5, 0.6) is 0 Å². The van der Waals surface area contributed by atoms with E-state index in [0.29, 0.717) is 17.8 Å². The highest BCUT2D eigenvalue weighted by Gasteiger charge is 2.61. The molecule has 168 valence electrons. The lowest BCUT2D eigenvalue weighted by Crippen LogP contribution is -2.64. The number of piperidine rings is 1. The Morgan fingerprint density at radius 2 is 1.90 bits per heavy atom. The Labute approximate surface area is 187 Å². The molecule has 4 aliphatic rings. The summed E-state index contributed by atoms with van der Waals surface area (Å²) in [6, 6.07) is 8.12. The minimum Gasteiger partial charge on any atom is -0.342 e. The predicted octanol–water partition coefficient (Wildman–Crippen LogP) is 5.41. The Balaban J connectivity index is 1.41. The van der Waals surface area contributed by atoms with Crippen molar-refractivity contribution in [3.63, 3.8) is 0 Å². The monoisotopic (exact) mass is 422 g/mol. The molecule has 1 aliphatic heterocycles. The zero-order chi connectivity index (χ0) is 22.0. The fourth-order valence-corrected chi connectivity index (χ4v) is 8.44. The maximum Gasteiger partial charge on any atom is 0.236 e. The van der Waals surface area contributed by atoms with Gasteiger partial charge in [-0.2, -0.15) is 0 Å². The molecule has 4 heteroatoms.